The number of piperidine rings is 1. The number of rotatable bonds is 6. The molecule has 0 aliphatic carbocycles. The Morgan fingerprint density at radius 3 is 2.71 bits per heavy atom. The van der Waals surface area contributed by atoms with Crippen molar-refractivity contribution in [3.05, 3.63) is 40.3 Å². The fourth-order valence-corrected chi connectivity index (χ4v) is 5.56. The Morgan fingerprint density at radius 1 is 1.20 bits per heavy atom. The van der Waals surface area contributed by atoms with E-state index in [9.17, 15) is 0 Å². The predicted molar refractivity (Wildman–Crippen MR) is 132 cm³/mol. The number of likely N-dealkylation sites (tertiary alicyclic amines) is 1. The first-order chi connectivity index (χ1) is 16.9. The molecule has 1 N–H and O–H groups in total. The highest BCUT2D eigenvalue weighted by molar-refractivity contribution is 6.32. The molecule has 0 radical (unpaired) electrons. The number of hydrogen-bond donors (Lipinski definition) is 1. The van der Waals surface area contributed by atoms with Crippen LogP contribution in [0.5, 0.6) is 0 Å². The van der Waals surface area contributed by atoms with Crippen LogP contribution in [-0.4, -0.2) is 76.4 Å². The number of fused-ring (bicyclic) bond motifs is 1. The SMILES string of the molecule is CC1(Cn2ncc(Nc3ncc4cc(Cl)c([C@H]5CCN(C6COC6)C[C@@H]5F)cc4n3)c2Cl)COC1. The maximum Gasteiger partial charge on any atom is 0.227 e. The van der Waals surface area contributed by atoms with Gasteiger partial charge in [-0.1, -0.05) is 30.1 Å². The summed E-state index contributed by atoms with van der Waals surface area (Å²) >= 11 is 13.2. The molecule has 0 bridgehead atoms. The van der Waals surface area contributed by atoms with Gasteiger partial charge in [-0.2, -0.15) is 5.10 Å². The van der Waals surface area contributed by atoms with Crippen LogP contribution in [0.2, 0.25) is 10.2 Å². The number of aromatic nitrogens is 4. The quantitative estimate of drug-likeness (QED) is 0.514. The molecule has 8 nitrogen and oxygen atoms in total. The molecule has 6 rings (SSSR count). The molecule has 0 unspecified atom stereocenters. The lowest BCUT2D eigenvalue weighted by Crippen LogP contribution is -2.54. The van der Waals surface area contributed by atoms with Crippen LogP contribution < -0.4 is 5.32 Å². The Morgan fingerprint density at radius 2 is 2.03 bits per heavy atom. The van der Waals surface area contributed by atoms with E-state index in [-0.39, 0.29) is 11.3 Å². The number of hydrogen-bond acceptors (Lipinski definition) is 7. The first-order valence-corrected chi connectivity index (χ1v) is 12.6. The average molecular weight is 521 g/mol. The minimum Gasteiger partial charge on any atom is -0.380 e. The number of nitrogens with one attached hydrogen (secondary N) is 1. The standard InChI is InChI=1S/C24H27Cl2FN6O2/c1-24(12-35-13-24)11-33-22(26)21(7-29-33)31-23-28-6-14-4-18(25)17(5-20(14)30-23)16-2-3-32(8-19(16)27)15-9-34-10-15/h4-7,15-16,19H,2-3,8-13H2,1H3,(H,28,30,31)/t16-,19+/m1/s1. The Labute approximate surface area is 212 Å². The van der Waals surface area contributed by atoms with Crippen molar-refractivity contribution in [2.75, 3.05) is 44.8 Å². The molecule has 1 aromatic carbocycles. The van der Waals surface area contributed by atoms with Crippen molar-refractivity contribution in [3.8, 4) is 0 Å². The van der Waals surface area contributed by atoms with Crippen molar-refractivity contribution < 1.29 is 13.9 Å². The van der Waals surface area contributed by atoms with E-state index < -0.39 is 6.17 Å². The number of alkyl halides is 1. The molecule has 3 aliphatic heterocycles. The van der Waals surface area contributed by atoms with E-state index in [0.717, 1.165) is 17.5 Å². The van der Waals surface area contributed by atoms with Gasteiger partial charge in [0.25, 0.3) is 0 Å². The molecule has 0 amide bonds. The van der Waals surface area contributed by atoms with Gasteiger partial charge in [-0.05, 0) is 30.7 Å². The maximum atomic E-state index is 15.2. The van der Waals surface area contributed by atoms with E-state index in [1.54, 1.807) is 17.1 Å². The molecule has 3 aliphatic rings. The van der Waals surface area contributed by atoms with Gasteiger partial charge in [0.15, 0.2) is 5.15 Å². The summed E-state index contributed by atoms with van der Waals surface area (Å²) in [6.45, 7) is 6.82. The highest BCUT2D eigenvalue weighted by Crippen LogP contribution is 2.38. The normalized spacial score (nSPS) is 24.8. The third kappa shape index (κ3) is 4.49. The zero-order valence-corrected chi connectivity index (χ0v) is 20.9. The monoisotopic (exact) mass is 520 g/mol. The summed E-state index contributed by atoms with van der Waals surface area (Å²) in [7, 11) is 0. The smallest absolute Gasteiger partial charge is 0.227 e. The lowest BCUT2D eigenvalue weighted by Gasteiger charge is -2.43. The highest BCUT2D eigenvalue weighted by atomic mass is 35.5. The number of ether oxygens (including phenoxy) is 2. The molecule has 2 atom stereocenters. The fourth-order valence-electron chi connectivity index (χ4n) is 5.04. The minimum absolute atomic E-state index is 0.0398. The van der Waals surface area contributed by atoms with Gasteiger partial charge in [-0.15, -0.1) is 0 Å². The van der Waals surface area contributed by atoms with Crippen molar-refractivity contribution in [2.45, 2.75) is 38.0 Å². The first kappa shape index (κ1) is 23.4. The summed E-state index contributed by atoms with van der Waals surface area (Å²) in [5.41, 5.74) is 2.16. The Balaban J connectivity index is 1.21. The largest absolute Gasteiger partial charge is 0.380 e. The summed E-state index contributed by atoms with van der Waals surface area (Å²) < 4.78 is 27.6. The van der Waals surface area contributed by atoms with Crippen LogP contribution in [0.3, 0.4) is 0 Å². The number of benzene rings is 1. The van der Waals surface area contributed by atoms with Crippen LogP contribution >= 0.6 is 23.2 Å². The molecule has 3 aromatic rings. The van der Waals surface area contributed by atoms with Crippen molar-refractivity contribution in [1.82, 2.24) is 24.6 Å². The summed E-state index contributed by atoms with van der Waals surface area (Å²) in [4.78, 5) is 11.3. The van der Waals surface area contributed by atoms with E-state index in [4.69, 9.17) is 32.7 Å². The third-order valence-corrected chi connectivity index (χ3v) is 7.99. The van der Waals surface area contributed by atoms with Crippen molar-refractivity contribution in [2.24, 2.45) is 5.41 Å². The van der Waals surface area contributed by atoms with Crippen molar-refractivity contribution in [3.63, 3.8) is 0 Å². The van der Waals surface area contributed by atoms with E-state index in [1.165, 1.54) is 0 Å². The molecule has 3 saturated heterocycles. The number of halogens is 3. The Hall–Kier alpha value is -2.04. The molecule has 2 aromatic heterocycles. The zero-order chi connectivity index (χ0) is 24.2. The summed E-state index contributed by atoms with van der Waals surface area (Å²) in [6.07, 6.45) is 3.09. The molecule has 5 heterocycles. The fraction of sp³-hybridized carbons (Fsp3) is 0.542. The predicted octanol–water partition coefficient (Wildman–Crippen LogP) is 4.44. The molecule has 0 spiro atoms. The van der Waals surface area contributed by atoms with Crippen LogP contribution in [0.25, 0.3) is 10.9 Å². The lowest BCUT2D eigenvalue weighted by atomic mass is 9.86. The van der Waals surface area contributed by atoms with Crippen LogP contribution in [0.1, 0.15) is 24.8 Å². The molecule has 11 heteroatoms. The number of nitrogens with zero attached hydrogens (tertiary/aromatic N) is 5. The lowest BCUT2D eigenvalue weighted by molar-refractivity contribution is -0.111. The Kier molecular flexibility index (Phi) is 6.09. The van der Waals surface area contributed by atoms with Gasteiger partial charge in [0.2, 0.25) is 5.95 Å². The third-order valence-electron chi connectivity index (χ3n) is 7.26. The zero-order valence-electron chi connectivity index (χ0n) is 19.4. The molecule has 186 valence electrons. The average Bonchev–Trinajstić information content (AvgIpc) is 3.10. The maximum absolute atomic E-state index is 15.2. The summed E-state index contributed by atoms with van der Waals surface area (Å²) in [5.74, 6) is 0.127. The molecule has 35 heavy (non-hydrogen) atoms. The first-order valence-electron chi connectivity index (χ1n) is 11.9. The Bertz CT molecular complexity index is 1250. The summed E-state index contributed by atoms with van der Waals surface area (Å²) in [6, 6.07) is 4.05. The second-order valence-electron chi connectivity index (χ2n) is 10.2. The van der Waals surface area contributed by atoms with Gasteiger partial charge >= 0.3 is 0 Å². The second-order valence-corrected chi connectivity index (χ2v) is 10.9. The number of anilines is 2. The van der Waals surface area contributed by atoms with Gasteiger partial charge in [-0.3, -0.25) is 9.58 Å². The van der Waals surface area contributed by atoms with Crippen molar-refractivity contribution >= 4 is 45.7 Å². The van der Waals surface area contributed by atoms with Gasteiger partial charge in [0.1, 0.15) is 6.17 Å². The molecular weight excluding hydrogens is 494 g/mol. The van der Waals surface area contributed by atoms with E-state index >= 15 is 4.39 Å². The van der Waals surface area contributed by atoms with E-state index in [2.05, 4.69) is 32.2 Å². The van der Waals surface area contributed by atoms with E-state index in [1.807, 2.05) is 12.1 Å². The van der Waals surface area contributed by atoms with Gasteiger partial charge in [0, 0.05) is 34.5 Å². The second kappa shape index (κ2) is 9.12. The highest BCUT2D eigenvalue weighted by Gasteiger charge is 2.37. The molecule has 3 fully saturated rings. The topological polar surface area (TPSA) is 77.3 Å². The van der Waals surface area contributed by atoms with Crippen LogP contribution in [0.4, 0.5) is 16.0 Å². The van der Waals surface area contributed by atoms with Crippen LogP contribution in [0, 0.1) is 5.41 Å². The van der Waals surface area contributed by atoms with Gasteiger partial charge in [-0.25, -0.2) is 14.4 Å². The minimum atomic E-state index is -0.994. The summed E-state index contributed by atoms with van der Waals surface area (Å²) in [5, 5.41) is 9.40. The molecular formula is C24H27Cl2FN6O2. The van der Waals surface area contributed by atoms with Gasteiger partial charge < -0.3 is 14.8 Å². The van der Waals surface area contributed by atoms with Gasteiger partial charge in [0.05, 0.1) is 56.4 Å². The van der Waals surface area contributed by atoms with Crippen molar-refractivity contribution in [1.29, 1.82) is 0 Å². The molecule has 0 saturated carbocycles. The van der Waals surface area contributed by atoms with Crippen LogP contribution in [0.15, 0.2) is 24.5 Å². The van der Waals surface area contributed by atoms with E-state index in [0.29, 0.717) is 79.3 Å². The van der Waals surface area contributed by atoms with Crippen LogP contribution in [-0.2, 0) is 16.0 Å².